The summed E-state index contributed by atoms with van der Waals surface area (Å²) in [4.78, 5) is 0. The van der Waals surface area contributed by atoms with Gasteiger partial charge in [0.1, 0.15) is 5.76 Å². The molecule has 0 heterocycles. The van der Waals surface area contributed by atoms with E-state index in [1.165, 1.54) is 0 Å². The van der Waals surface area contributed by atoms with E-state index in [1.54, 1.807) is 0 Å². The van der Waals surface area contributed by atoms with Gasteiger partial charge >= 0.3 is 0 Å². The summed E-state index contributed by atoms with van der Waals surface area (Å²) in [6, 6.07) is -0.190. The Morgan fingerprint density at radius 1 is 1.45 bits per heavy atom. The van der Waals surface area contributed by atoms with E-state index in [0.717, 1.165) is 12.0 Å². The van der Waals surface area contributed by atoms with Crippen molar-refractivity contribution in [3.63, 3.8) is 0 Å². The maximum absolute atomic E-state index is 9.45. The second-order valence-corrected chi connectivity index (χ2v) is 3.30. The van der Waals surface area contributed by atoms with E-state index in [1.807, 2.05) is 20.8 Å². The molecule has 0 fully saturated rings. The number of hydrogen-bond acceptors (Lipinski definition) is 2. The van der Waals surface area contributed by atoms with Gasteiger partial charge in [-0.3, -0.25) is 0 Å². The lowest BCUT2D eigenvalue weighted by Gasteiger charge is -2.18. The molecule has 0 spiro atoms. The van der Waals surface area contributed by atoms with Crippen LogP contribution in [-0.2, 0) is 0 Å². The molecular formula is C9H19NO. The lowest BCUT2D eigenvalue weighted by Crippen LogP contribution is -2.30. The van der Waals surface area contributed by atoms with Crippen LogP contribution < -0.4 is 5.73 Å². The fraction of sp³-hybridized carbons (Fsp3) is 0.778. The van der Waals surface area contributed by atoms with E-state index < -0.39 is 0 Å². The van der Waals surface area contributed by atoms with Gasteiger partial charge in [0.25, 0.3) is 0 Å². The SMILES string of the molecule is CCC(C)[C@@H](N)C(O)=C(C)C. The third-order valence-electron chi connectivity index (χ3n) is 2.09. The molecular weight excluding hydrogens is 138 g/mol. The van der Waals surface area contributed by atoms with Crippen LogP contribution in [0.25, 0.3) is 0 Å². The van der Waals surface area contributed by atoms with E-state index in [-0.39, 0.29) is 6.04 Å². The number of aliphatic hydroxyl groups is 1. The summed E-state index contributed by atoms with van der Waals surface area (Å²) < 4.78 is 0. The fourth-order valence-electron chi connectivity index (χ4n) is 0.857. The summed E-state index contributed by atoms with van der Waals surface area (Å²) in [6.45, 7) is 7.86. The molecule has 0 rings (SSSR count). The topological polar surface area (TPSA) is 46.2 Å². The standard InChI is InChI=1S/C9H19NO/c1-5-7(4)8(10)9(11)6(2)3/h7-8,11H,5,10H2,1-4H3/t7?,8-/m1/s1. The quantitative estimate of drug-likeness (QED) is 0.617. The molecule has 66 valence electrons. The first-order chi connectivity index (χ1) is 5.00. The Balaban J connectivity index is 4.24. The van der Waals surface area contributed by atoms with Gasteiger partial charge in [-0.1, -0.05) is 20.3 Å². The molecule has 0 aromatic rings. The Bertz CT molecular complexity index is 148. The third-order valence-corrected chi connectivity index (χ3v) is 2.09. The average molecular weight is 157 g/mol. The summed E-state index contributed by atoms with van der Waals surface area (Å²) in [6.07, 6.45) is 0.999. The zero-order valence-corrected chi connectivity index (χ0v) is 7.89. The normalized spacial score (nSPS) is 15.7. The summed E-state index contributed by atoms with van der Waals surface area (Å²) in [7, 11) is 0. The van der Waals surface area contributed by atoms with Crippen LogP contribution in [0.2, 0.25) is 0 Å². The Hall–Kier alpha value is -0.500. The highest BCUT2D eigenvalue weighted by molar-refractivity contribution is 5.08. The summed E-state index contributed by atoms with van der Waals surface area (Å²) in [5, 5.41) is 9.45. The Morgan fingerprint density at radius 2 is 1.91 bits per heavy atom. The number of rotatable bonds is 3. The number of hydrogen-bond donors (Lipinski definition) is 2. The molecule has 0 amide bonds. The molecule has 0 aliphatic carbocycles. The van der Waals surface area contributed by atoms with Gasteiger partial charge in [-0.2, -0.15) is 0 Å². The largest absolute Gasteiger partial charge is 0.511 e. The highest BCUT2D eigenvalue weighted by Crippen LogP contribution is 2.13. The molecule has 0 aliphatic heterocycles. The molecule has 0 aromatic carbocycles. The molecule has 0 radical (unpaired) electrons. The maximum Gasteiger partial charge on any atom is 0.108 e. The third kappa shape index (κ3) is 2.93. The van der Waals surface area contributed by atoms with Crippen LogP contribution in [0.3, 0.4) is 0 Å². The molecule has 0 saturated carbocycles. The van der Waals surface area contributed by atoms with E-state index in [2.05, 4.69) is 6.92 Å². The van der Waals surface area contributed by atoms with Gasteiger partial charge in [0.15, 0.2) is 0 Å². The average Bonchev–Trinajstić information content (AvgIpc) is 2.00. The van der Waals surface area contributed by atoms with Gasteiger partial charge in [-0.25, -0.2) is 0 Å². The number of nitrogens with two attached hydrogens (primary N) is 1. The first-order valence-electron chi connectivity index (χ1n) is 4.12. The van der Waals surface area contributed by atoms with E-state index >= 15 is 0 Å². The van der Waals surface area contributed by atoms with Crippen LogP contribution in [0.5, 0.6) is 0 Å². The highest BCUT2D eigenvalue weighted by atomic mass is 16.3. The van der Waals surface area contributed by atoms with E-state index in [9.17, 15) is 5.11 Å². The van der Waals surface area contributed by atoms with Crippen molar-refractivity contribution in [2.45, 2.75) is 40.2 Å². The molecule has 0 aromatic heterocycles. The summed E-state index contributed by atoms with van der Waals surface area (Å²) in [5.74, 6) is 0.698. The maximum atomic E-state index is 9.45. The summed E-state index contributed by atoms with van der Waals surface area (Å²) in [5.41, 5.74) is 6.68. The fourth-order valence-corrected chi connectivity index (χ4v) is 0.857. The molecule has 3 N–H and O–H groups in total. The van der Waals surface area contributed by atoms with Crippen molar-refractivity contribution in [1.82, 2.24) is 0 Å². The molecule has 0 bridgehead atoms. The van der Waals surface area contributed by atoms with Crippen molar-refractivity contribution in [2.24, 2.45) is 11.7 Å². The molecule has 0 saturated heterocycles. The van der Waals surface area contributed by atoms with Gasteiger partial charge < -0.3 is 10.8 Å². The van der Waals surface area contributed by atoms with Gasteiger partial charge in [0, 0.05) is 0 Å². The van der Waals surface area contributed by atoms with E-state index in [4.69, 9.17) is 5.73 Å². The van der Waals surface area contributed by atoms with Crippen LogP contribution in [0.1, 0.15) is 34.1 Å². The highest BCUT2D eigenvalue weighted by Gasteiger charge is 2.15. The van der Waals surface area contributed by atoms with Crippen molar-refractivity contribution in [1.29, 1.82) is 0 Å². The molecule has 1 unspecified atom stereocenters. The second-order valence-electron chi connectivity index (χ2n) is 3.30. The lowest BCUT2D eigenvalue weighted by molar-refractivity contribution is 0.315. The first-order valence-corrected chi connectivity index (χ1v) is 4.12. The van der Waals surface area contributed by atoms with Gasteiger partial charge in [-0.05, 0) is 25.3 Å². The Labute approximate surface area is 69.1 Å². The molecule has 0 aliphatic rings. The van der Waals surface area contributed by atoms with Crippen molar-refractivity contribution in [3.05, 3.63) is 11.3 Å². The van der Waals surface area contributed by atoms with Crippen molar-refractivity contribution >= 4 is 0 Å². The smallest absolute Gasteiger partial charge is 0.108 e. The lowest BCUT2D eigenvalue weighted by atomic mass is 9.97. The zero-order chi connectivity index (χ0) is 9.02. The predicted molar refractivity (Wildman–Crippen MR) is 48.4 cm³/mol. The van der Waals surface area contributed by atoms with Crippen molar-refractivity contribution in [3.8, 4) is 0 Å². The summed E-state index contributed by atoms with van der Waals surface area (Å²) >= 11 is 0. The number of allylic oxidation sites excluding steroid dienone is 1. The number of aliphatic hydroxyl groups excluding tert-OH is 1. The first kappa shape index (κ1) is 10.5. The Kier molecular flexibility index (Phi) is 4.19. The van der Waals surface area contributed by atoms with Crippen LogP contribution in [-0.4, -0.2) is 11.1 Å². The van der Waals surface area contributed by atoms with E-state index in [0.29, 0.717) is 11.7 Å². The molecule has 2 heteroatoms. The van der Waals surface area contributed by atoms with Crippen LogP contribution in [0.15, 0.2) is 11.3 Å². The molecule has 2 nitrogen and oxygen atoms in total. The second kappa shape index (κ2) is 4.39. The Morgan fingerprint density at radius 3 is 2.18 bits per heavy atom. The minimum absolute atomic E-state index is 0.190. The van der Waals surface area contributed by atoms with Crippen LogP contribution in [0.4, 0.5) is 0 Å². The van der Waals surface area contributed by atoms with Crippen LogP contribution >= 0.6 is 0 Å². The minimum atomic E-state index is -0.190. The van der Waals surface area contributed by atoms with Gasteiger partial charge in [0.2, 0.25) is 0 Å². The minimum Gasteiger partial charge on any atom is -0.511 e. The molecule has 2 atom stereocenters. The van der Waals surface area contributed by atoms with Crippen molar-refractivity contribution < 1.29 is 5.11 Å². The van der Waals surface area contributed by atoms with Gasteiger partial charge in [-0.15, -0.1) is 0 Å². The van der Waals surface area contributed by atoms with Crippen molar-refractivity contribution in [2.75, 3.05) is 0 Å². The monoisotopic (exact) mass is 157 g/mol. The molecule has 11 heavy (non-hydrogen) atoms. The van der Waals surface area contributed by atoms with Crippen LogP contribution in [0, 0.1) is 5.92 Å². The van der Waals surface area contributed by atoms with Gasteiger partial charge in [0.05, 0.1) is 6.04 Å². The zero-order valence-electron chi connectivity index (χ0n) is 7.89. The predicted octanol–water partition coefficient (Wildman–Crippen LogP) is 2.21.